The van der Waals surface area contributed by atoms with Crippen LogP contribution >= 0.6 is 0 Å². The Bertz CT molecular complexity index is 925. The van der Waals surface area contributed by atoms with Crippen molar-refractivity contribution >= 4 is 0 Å². The maximum atomic E-state index is 8.81. The van der Waals surface area contributed by atoms with Gasteiger partial charge in [-0.3, -0.25) is 0 Å². The molecule has 1 aromatic heterocycles. The Hall–Kier alpha value is -2.96. The zero-order valence-electron chi connectivity index (χ0n) is 17.5. The molecule has 0 fully saturated rings. The van der Waals surface area contributed by atoms with E-state index in [0.29, 0.717) is 12.5 Å². The standard InChI is InChI=1S/C26H29N2O/c1-20(2)19-21(3)29-26(24-7-5-4-6-8-24)25-11-9-22(10-12-25)23-13-16-28(17-14-23)18-15-27/h4-14,16-17,20-21,26H,18-19H2,1-3H3/q+1/t21-,26?/m0/s1. The maximum absolute atomic E-state index is 8.81. The van der Waals surface area contributed by atoms with Crippen LogP contribution in [0.15, 0.2) is 79.1 Å². The summed E-state index contributed by atoms with van der Waals surface area (Å²) >= 11 is 0. The fraction of sp³-hybridized carbons (Fsp3) is 0.308. The van der Waals surface area contributed by atoms with Crippen LogP contribution in [-0.4, -0.2) is 6.10 Å². The predicted octanol–water partition coefficient (Wildman–Crippen LogP) is 5.71. The molecule has 3 aromatic rings. The number of hydrogen-bond acceptors (Lipinski definition) is 2. The molecule has 148 valence electrons. The molecule has 0 aliphatic carbocycles. The van der Waals surface area contributed by atoms with Crippen molar-refractivity contribution in [3.63, 3.8) is 0 Å². The number of benzene rings is 2. The molecule has 0 amide bonds. The van der Waals surface area contributed by atoms with Crippen LogP contribution in [0.5, 0.6) is 0 Å². The quantitative estimate of drug-likeness (QED) is 0.466. The van der Waals surface area contributed by atoms with E-state index < -0.39 is 0 Å². The normalized spacial score (nSPS) is 13.1. The molecule has 0 saturated carbocycles. The highest BCUT2D eigenvalue weighted by Crippen LogP contribution is 2.30. The second-order valence-corrected chi connectivity index (χ2v) is 7.91. The molecule has 2 aromatic carbocycles. The van der Waals surface area contributed by atoms with Gasteiger partial charge in [0.25, 0.3) is 0 Å². The van der Waals surface area contributed by atoms with Gasteiger partial charge in [0, 0.05) is 12.1 Å². The van der Waals surface area contributed by atoms with E-state index in [1.807, 2.05) is 35.2 Å². The highest BCUT2D eigenvalue weighted by molar-refractivity contribution is 5.62. The van der Waals surface area contributed by atoms with Crippen molar-refractivity contribution in [1.82, 2.24) is 0 Å². The van der Waals surface area contributed by atoms with Gasteiger partial charge in [0.05, 0.1) is 6.10 Å². The maximum Gasteiger partial charge on any atom is 0.233 e. The smallest absolute Gasteiger partial charge is 0.233 e. The Kier molecular flexibility index (Phi) is 7.16. The number of nitrogens with zero attached hydrogens (tertiary/aromatic N) is 2. The number of rotatable bonds is 8. The summed E-state index contributed by atoms with van der Waals surface area (Å²) in [6.45, 7) is 6.98. The minimum absolute atomic E-state index is 0.0763. The summed E-state index contributed by atoms with van der Waals surface area (Å²) in [4.78, 5) is 0. The van der Waals surface area contributed by atoms with Gasteiger partial charge in [-0.1, -0.05) is 68.4 Å². The molecular formula is C26H29N2O+. The van der Waals surface area contributed by atoms with Crippen molar-refractivity contribution in [2.75, 3.05) is 0 Å². The van der Waals surface area contributed by atoms with Gasteiger partial charge in [-0.2, -0.15) is 9.83 Å². The van der Waals surface area contributed by atoms with Crippen LogP contribution in [0.3, 0.4) is 0 Å². The molecule has 0 aliphatic heterocycles. The number of aromatic nitrogens is 1. The van der Waals surface area contributed by atoms with Crippen LogP contribution in [0, 0.1) is 17.2 Å². The van der Waals surface area contributed by atoms with E-state index in [2.05, 4.69) is 75.4 Å². The summed E-state index contributed by atoms with van der Waals surface area (Å²) in [6.07, 6.45) is 5.03. The SMILES string of the molecule is CC(C)C[C@H](C)OC(c1ccccc1)c1ccc(-c2cc[n+](CC#N)cc2)cc1. The van der Waals surface area contributed by atoms with E-state index in [4.69, 9.17) is 10.00 Å². The van der Waals surface area contributed by atoms with Crippen LogP contribution in [0.25, 0.3) is 11.1 Å². The zero-order chi connectivity index (χ0) is 20.6. The molecule has 3 nitrogen and oxygen atoms in total. The molecule has 2 atom stereocenters. The Labute approximate surface area is 174 Å². The molecule has 3 rings (SSSR count). The van der Waals surface area contributed by atoms with Gasteiger partial charge in [-0.05, 0) is 41.5 Å². The van der Waals surface area contributed by atoms with E-state index in [1.165, 1.54) is 5.56 Å². The summed E-state index contributed by atoms with van der Waals surface area (Å²) < 4.78 is 8.36. The van der Waals surface area contributed by atoms with Crippen LogP contribution in [0.1, 0.15) is 44.4 Å². The zero-order valence-corrected chi connectivity index (χ0v) is 17.5. The van der Waals surface area contributed by atoms with Crippen LogP contribution < -0.4 is 4.57 Å². The highest BCUT2D eigenvalue weighted by Gasteiger charge is 2.19. The van der Waals surface area contributed by atoms with Gasteiger partial charge >= 0.3 is 0 Å². The van der Waals surface area contributed by atoms with Crippen molar-refractivity contribution in [2.45, 2.75) is 45.9 Å². The van der Waals surface area contributed by atoms with Crippen molar-refractivity contribution in [3.05, 3.63) is 90.3 Å². The summed E-state index contributed by atoms with van der Waals surface area (Å²) in [5.41, 5.74) is 4.62. The molecule has 0 bridgehead atoms. The molecule has 1 heterocycles. The first-order valence-corrected chi connectivity index (χ1v) is 10.2. The van der Waals surface area contributed by atoms with E-state index in [9.17, 15) is 0 Å². The van der Waals surface area contributed by atoms with E-state index in [1.54, 1.807) is 0 Å². The van der Waals surface area contributed by atoms with Crippen molar-refractivity contribution in [2.24, 2.45) is 5.92 Å². The average Bonchev–Trinajstić information content (AvgIpc) is 2.73. The topological polar surface area (TPSA) is 36.9 Å². The molecular weight excluding hydrogens is 356 g/mol. The summed E-state index contributed by atoms with van der Waals surface area (Å²) in [5, 5.41) is 8.81. The molecule has 29 heavy (non-hydrogen) atoms. The van der Waals surface area contributed by atoms with Crippen molar-refractivity contribution in [1.29, 1.82) is 5.26 Å². The predicted molar refractivity (Wildman–Crippen MR) is 116 cm³/mol. The van der Waals surface area contributed by atoms with Crippen molar-refractivity contribution in [3.8, 4) is 17.2 Å². The average molecular weight is 386 g/mol. The summed E-state index contributed by atoms with van der Waals surface area (Å²) in [5.74, 6) is 0.602. The Morgan fingerprint density at radius 1 is 0.828 bits per heavy atom. The summed E-state index contributed by atoms with van der Waals surface area (Å²) in [6, 6.07) is 25.3. The molecule has 0 radical (unpaired) electrons. The molecule has 0 N–H and O–H groups in total. The first-order chi connectivity index (χ1) is 14.1. The number of hydrogen-bond donors (Lipinski definition) is 0. The first-order valence-electron chi connectivity index (χ1n) is 10.2. The van der Waals surface area contributed by atoms with Crippen LogP contribution in [-0.2, 0) is 11.3 Å². The first kappa shape index (κ1) is 20.8. The number of pyridine rings is 1. The van der Waals surface area contributed by atoms with E-state index in [0.717, 1.165) is 23.1 Å². The van der Waals surface area contributed by atoms with Gasteiger partial charge < -0.3 is 4.74 Å². The van der Waals surface area contributed by atoms with Gasteiger partial charge in [-0.15, -0.1) is 0 Å². The third-order valence-corrected chi connectivity index (χ3v) is 4.97. The van der Waals surface area contributed by atoms with E-state index in [-0.39, 0.29) is 12.2 Å². The third kappa shape index (κ3) is 5.76. The third-order valence-electron chi connectivity index (χ3n) is 4.97. The van der Waals surface area contributed by atoms with Crippen LogP contribution in [0.2, 0.25) is 0 Å². The minimum Gasteiger partial charge on any atom is -0.366 e. The molecule has 0 saturated heterocycles. The van der Waals surface area contributed by atoms with Crippen LogP contribution in [0.4, 0.5) is 0 Å². The Morgan fingerprint density at radius 3 is 2.00 bits per heavy atom. The van der Waals surface area contributed by atoms with Crippen molar-refractivity contribution < 1.29 is 9.30 Å². The monoisotopic (exact) mass is 385 g/mol. The molecule has 1 unspecified atom stereocenters. The van der Waals surface area contributed by atoms with Gasteiger partial charge in [0.15, 0.2) is 12.4 Å². The lowest BCUT2D eigenvalue weighted by atomic mass is 9.97. The van der Waals surface area contributed by atoms with Gasteiger partial charge in [0.2, 0.25) is 6.54 Å². The Balaban J connectivity index is 1.83. The van der Waals surface area contributed by atoms with E-state index >= 15 is 0 Å². The Morgan fingerprint density at radius 2 is 1.41 bits per heavy atom. The fourth-order valence-electron chi connectivity index (χ4n) is 3.62. The number of nitriles is 1. The lowest BCUT2D eigenvalue weighted by molar-refractivity contribution is -0.685. The fourth-order valence-corrected chi connectivity index (χ4v) is 3.62. The number of ether oxygens (including phenoxy) is 1. The molecule has 0 spiro atoms. The second-order valence-electron chi connectivity index (χ2n) is 7.91. The lowest BCUT2D eigenvalue weighted by Gasteiger charge is -2.24. The summed E-state index contributed by atoms with van der Waals surface area (Å²) in [7, 11) is 0. The van der Waals surface area contributed by atoms with Gasteiger partial charge in [-0.25, -0.2) is 0 Å². The molecule has 0 aliphatic rings. The second kappa shape index (κ2) is 10.0. The van der Waals surface area contributed by atoms with Gasteiger partial charge in [0.1, 0.15) is 12.2 Å². The highest BCUT2D eigenvalue weighted by atomic mass is 16.5. The minimum atomic E-state index is -0.0763. The lowest BCUT2D eigenvalue weighted by Crippen LogP contribution is -2.31. The molecule has 3 heteroatoms. The largest absolute Gasteiger partial charge is 0.366 e.